The molecule has 3 amide bonds. The number of amides is 3. The zero-order valence-corrected chi connectivity index (χ0v) is 37.6. The van der Waals surface area contributed by atoms with Crippen LogP contribution in [0, 0.1) is 6.92 Å². The van der Waals surface area contributed by atoms with E-state index in [0.29, 0.717) is 17.9 Å². The third-order valence-electron chi connectivity index (χ3n) is 11.0. The Balaban J connectivity index is 1.23. The van der Waals surface area contributed by atoms with Crippen LogP contribution in [-0.2, 0) is 28.8 Å². The molecule has 2 atom stereocenters. The van der Waals surface area contributed by atoms with Gasteiger partial charge in [0.25, 0.3) is 5.91 Å². The van der Waals surface area contributed by atoms with E-state index >= 15 is 0 Å². The monoisotopic (exact) mass is 922 g/mol. The molecule has 1 fully saturated rings. The summed E-state index contributed by atoms with van der Waals surface area (Å²) >= 11 is 0. The van der Waals surface area contributed by atoms with Crippen molar-refractivity contribution in [2.75, 3.05) is 116 Å². The number of rotatable bonds is 20. The maximum Gasteiger partial charge on any atom is 0.326 e. The summed E-state index contributed by atoms with van der Waals surface area (Å²) in [5.41, 5.74) is 9.86. The molecule has 2 aliphatic rings. The third-order valence-corrected chi connectivity index (χ3v) is 11.0. The molecule has 0 radical (unpaired) electrons. The highest BCUT2D eigenvalue weighted by atomic mass is 16.4. The second kappa shape index (κ2) is 25.8. The van der Waals surface area contributed by atoms with Crippen molar-refractivity contribution in [1.82, 2.24) is 45.5 Å². The molecule has 0 bridgehead atoms. The first-order chi connectivity index (χ1) is 31.4. The predicted octanol–water partition coefficient (Wildman–Crippen LogP) is -0.689. The molecule has 4 rings (SSSR count). The van der Waals surface area contributed by atoms with Crippen LogP contribution in [-0.4, -0.2) is 209 Å². The highest BCUT2D eigenvalue weighted by Crippen LogP contribution is 2.32. The fourth-order valence-electron chi connectivity index (χ4n) is 7.39. The number of hydrogen-bond acceptors (Lipinski definition) is 16. The van der Waals surface area contributed by atoms with Crippen LogP contribution in [0.5, 0.6) is 0 Å². The van der Waals surface area contributed by atoms with Crippen molar-refractivity contribution in [2.45, 2.75) is 45.1 Å². The van der Waals surface area contributed by atoms with E-state index in [-0.39, 0.29) is 122 Å². The molecule has 360 valence electrons. The lowest BCUT2D eigenvalue weighted by molar-refractivity contribution is -0.140. The number of aliphatic imine (C=N–C) groups is 1. The first kappa shape index (κ1) is 52.1. The van der Waals surface area contributed by atoms with Crippen LogP contribution in [0.3, 0.4) is 0 Å². The number of aryl methyl sites for hydroxylation is 1. The van der Waals surface area contributed by atoms with Crippen molar-refractivity contribution >= 4 is 64.6 Å². The van der Waals surface area contributed by atoms with Crippen molar-refractivity contribution in [1.29, 1.82) is 0 Å². The van der Waals surface area contributed by atoms with Crippen LogP contribution < -0.4 is 26.6 Å². The smallest absolute Gasteiger partial charge is 0.326 e. The number of anilines is 2. The van der Waals surface area contributed by atoms with Gasteiger partial charge in [-0.2, -0.15) is 0 Å². The predicted molar refractivity (Wildman–Crippen MR) is 243 cm³/mol. The third kappa shape index (κ3) is 17.8. The number of fused-ring (bicyclic) bond motifs is 1. The summed E-state index contributed by atoms with van der Waals surface area (Å²) in [6, 6.07) is 5.27. The molecule has 23 nitrogen and oxygen atoms in total. The molecule has 0 saturated carbocycles. The summed E-state index contributed by atoms with van der Waals surface area (Å²) in [7, 11) is 1.88. The lowest BCUT2D eigenvalue weighted by atomic mass is 9.99. The first-order valence-corrected chi connectivity index (χ1v) is 21.7. The van der Waals surface area contributed by atoms with Gasteiger partial charge in [0, 0.05) is 96.1 Å². The topological polar surface area (TPSA) is 317 Å². The standard InChI is InChI=1S/C43H62N12O11/c1-28-5-4-6-31(48-40-29(2)47-43(44)50-39(28)40)23-51(3)32-9-7-30(8-10-32)41(64)49-33(42(65)66)11-12-34(56)45-13-14-46-35(57)24-52-15-17-53(25-36(58)59)19-21-55(27-38(62)63)22-20-54(18-16-52)26-37(60)61/h4,6-10,28,33H,5,11-27H2,1-3H3,(H,45,56)(H,46,57)(H,49,64)(H,58,59)(H,60,61)(H,62,63)(H,65,66)(H2,44,47,50)/b6-4+,48-31+/t28?,33-/m0/s1. The number of benzene rings is 1. The van der Waals surface area contributed by atoms with E-state index in [1.54, 1.807) is 43.9 Å². The normalized spacial score (nSPS) is 18.6. The molecule has 2 aliphatic heterocycles. The number of aromatic nitrogens is 2. The van der Waals surface area contributed by atoms with Crippen molar-refractivity contribution in [2.24, 2.45) is 4.99 Å². The molecule has 3 heterocycles. The maximum absolute atomic E-state index is 13.1. The van der Waals surface area contributed by atoms with Gasteiger partial charge in [-0.1, -0.05) is 13.0 Å². The van der Waals surface area contributed by atoms with Crippen LogP contribution in [0.15, 0.2) is 41.4 Å². The number of nitrogens with one attached hydrogen (secondary N) is 3. The second-order valence-corrected chi connectivity index (χ2v) is 16.3. The van der Waals surface area contributed by atoms with E-state index < -0.39 is 47.6 Å². The van der Waals surface area contributed by atoms with Crippen molar-refractivity contribution < 1.29 is 54.0 Å². The average Bonchev–Trinajstić information content (AvgIpc) is 3.24. The number of carboxylic acids is 4. The largest absolute Gasteiger partial charge is 0.480 e. The Hall–Kier alpha value is -6.56. The van der Waals surface area contributed by atoms with Crippen LogP contribution in [0.2, 0.25) is 0 Å². The molecule has 0 spiro atoms. The van der Waals surface area contributed by atoms with Gasteiger partial charge in [-0.3, -0.25) is 48.4 Å². The van der Waals surface area contributed by atoms with Crippen molar-refractivity contribution in [3.8, 4) is 0 Å². The van der Waals surface area contributed by atoms with Crippen LogP contribution >= 0.6 is 0 Å². The SMILES string of the molecule is Cc1nc(N)nc2c1/N=C(CN(C)c1ccc(C(=O)N[C@@H](CCC(=O)NCCNC(=O)CN3CCN(CC(=O)O)CCN(CC(=O)O)CCN(CC(=O)O)CC3)C(=O)O)cc1)\C=C\CC2C. The number of carbonyl (C=O) groups is 7. The minimum Gasteiger partial charge on any atom is -0.480 e. The Morgan fingerprint density at radius 2 is 1.26 bits per heavy atom. The van der Waals surface area contributed by atoms with E-state index in [2.05, 4.69) is 32.8 Å². The molecule has 23 heteroatoms. The van der Waals surface area contributed by atoms with Gasteiger partial charge in [-0.15, -0.1) is 0 Å². The Morgan fingerprint density at radius 1 is 0.758 bits per heavy atom. The highest BCUT2D eigenvalue weighted by molar-refractivity contribution is 6.01. The van der Waals surface area contributed by atoms with E-state index in [9.17, 15) is 54.0 Å². The quantitative estimate of drug-likeness (QED) is 0.0762. The summed E-state index contributed by atoms with van der Waals surface area (Å²) in [5.74, 6) is -5.70. The van der Waals surface area contributed by atoms with E-state index in [0.717, 1.165) is 23.5 Å². The number of aliphatic carboxylic acids is 4. The van der Waals surface area contributed by atoms with Gasteiger partial charge in [0.2, 0.25) is 17.8 Å². The van der Waals surface area contributed by atoms with Crippen LogP contribution in [0.4, 0.5) is 17.3 Å². The molecule has 1 aromatic carbocycles. The minimum atomic E-state index is -1.36. The molecular formula is C43H62N12O11. The fraction of sp³-hybridized carbons (Fsp3) is 0.535. The molecule has 2 aromatic rings. The highest BCUT2D eigenvalue weighted by Gasteiger charge is 2.24. The molecular weight excluding hydrogens is 861 g/mol. The Bertz CT molecular complexity index is 2070. The van der Waals surface area contributed by atoms with Gasteiger partial charge in [0.05, 0.1) is 49.8 Å². The van der Waals surface area contributed by atoms with Gasteiger partial charge >= 0.3 is 23.9 Å². The van der Waals surface area contributed by atoms with E-state index in [1.807, 2.05) is 31.0 Å². The van der Waals surface area contributed by atoms with Crippen LogP contribution in [0.1, 0.15) is 53.8 Å². The van der Waals surface area contributed by atoms with E-state index in [1.165, 1.54) is 0 Å². The summed E-state index contributed by atoms with van der Waals surface area (Å²) in [6.45, 7) is 5.42. The number of nitrogens with two attached hydrogens (primary N) is 1. The van der Waals surface area contributed by atoms with E-state index in [4.69, 9.17) is 10.7 Å². The number of carboxylic acid groups (broad SMARTS) is 4. The van der Waals surface area contributed by atoms with Gasteiger partial charge in [0.15, 0.2) is 0 Å². The average molecular weight is 923 g/mol. The van der Waals surface area contributed by atoms with Crippen molar-refractivity contribution in [3.05, 3.63) is 53.4 Å². The maximum atomic E-state index is 13.1. The number of nitrogen functional groups attached to an aromatic ring is 1. The second-order valence-electron chi connectivity index (χ2n) is 16.3. The van der Waals surface area contributed by atoms with Gasteiger partial charge in [-0.05, 0) is 50.1 Å². The van der Waals surface area contributed by atoms with Gasteiger partial charge in [0.1, 0.15) is 11.7 Å². The molecule has 0 aliphatic carbocycles. The number of allylic oxidation sites excluding steroid dienone is 1. The number of hydrogen-bond donors (Lipinski definition) is 8. The number of carbonyl (C=O) groups excluding carboxylic acids is 3. The molecule has 66 heavy (non-hydrogen) atoms. The van der Waals surface area contributed by atoms with Crippen molar-refractivity contribution in [3.63, 3.8) is 0 Å². The van der Waals surface area contributed by atoms with Gasteiger partial charge < -0.3 is 47.0 Å². The van der Waals surface area contributed by atoms with Gasteiger partial charge in [-0.25, -0.2) is 19.8 Å². The summed E-state index contributed by atoms with van der Waals surface area (Å²) in [5, 5.41) is 45.9. The zero-order valence-electron chi connectivity index (χ0n) is 37.6. The Labute approximate surface area is 382 Å². The fourth-order valence-corrected chi connectivity index (χ4v) is 7.39. The van der Waals surface area contributed by atoms with Crippen LogP contribution in [0.25, 0.3) is 0 Å². The summed E-state index contributed by atoms with van der Waals surface area (Å²) in [6.07, 6.45) is 4.34. The molecule has 9 N–H and O–H groups in total. The minimum absolute atomic E-state index is 0.0282. The lowest BCUT2D eigenvalue weighted by Gasteiger charge is -2.32. The number of nitrogens with zero attached hydrogens (tertiary/aromatic N) is 8. The summed E-state index contributed by atoms with van der Waals surface area (Å²) in [4.78, 5) is 108. The molecule has 1 saturated heterocycles. The lowest BCUT2D eigenvalue weighted by Crippen LogP contribution is -2.50. The Morgan fingerprint density at radius 3 is 1.76 bits per heavy atom. The molecule has 1 aromatic heterocycles. The first-order valence-electron chi connectivity index (χ1n) is 21.7. The Kier molecular flexibility index (Phi) is 20.4. The zero-order chi connectivity index (χ0) is 48.3. The summed E-state index contributed by atoms with van der Waals surface area (Å²) < 4.78 is 0. The molecule has 1 unspecified atom stereocenters.